The van der Waals surface area contributed by atoms with Crippen LogP contribution in [0.1, 0.15) is 16.7 Å². The number of nitrogens with zero attached hydrogens (tertiary/aromatic N) is 1. The molecular weight excluding hydrogens is 332 g/mol. The zero-order valence-electron chi connectivity index (χ0n) is 11.6. The molecule has 0 bridgehead atoms. The molecule has 2 nitrogen and oxygen atoms in total. The van der Waals surface area contributed by atoms with Gasteiger partial charge in [0.05, 0.1) is 11.0 Å². The molecule has 0 aliphatic heterocycles. The number of fused-ring (bicyclic) bond motifs is 1. The molecule has 0 aliphatic rings. The molecule has 0 unspecified atom stereocenters. The lowest BCUT2D eigenvalue weighted by molar-refractivity contribution is 1.05. The molecule has 4 heteroatoms. The van der Waals surface area contributed by atoms with Gasteiger partial charge in [0, 0.05) is 10.2 Å². The summed E-state index contributed by atoms with van der Waals surface area (Å²) >= 11 is 9.11. The van der Waals surface area contributed by atoms with Crippen LogP contribution in [0.4, 0.5) is 0 Å². The van der Waals surface area contributed by atoms with Gasteiger partial charge in [-0.25, -0.2) is 0 Å². The van der Waals surface area contributed by atoms with E-state index in [1.807, 2.05) is 0 Å². The summed E-state index contributed by atoms with van der Waals surface area (Å²) in [6.45, 7) is 6.30. The first-order valence-corrected chi connectivity index (χ1v) is 7.66. The fourth-order valence-electron chi connectivity index (χ4n) is 2.52. The molecule has 1 aromatic heterocycles. The van der Waals surface area contributed by atoms with E-state index in [0.29, 0.717) is 0 Å². The van der Waals surface area contributed by atoms with Crippen LogP contribution in [0.3, 0.4) is 0 Å². The number of hydrogen-bond donors (Lipinski definition) is 1. The monoisotopic (exact) mass is 346 g/mol. The number of aryl methyl sites for hydroxylation is 3. The van der Waals surface area contributed by atoms with E-state index in [0.717, 1.165) is 26.0 Å². The molecule has 0 spiro atoms. The van der Waals surface area contributed by atoms with Gasteiger partial charge in [0.15, 0.2) is 4.77 Å². The molecular formula is C16H15BrN2S. The minimum atomic E-state index is 0.728. The van der Waals surface area contributed by atoms with Crippen LogP contribution in [0.25, 0.3) is 16.7 Å². The molecule has 3 rings (SSSR count). The van der Waals surface area contributed by atoms with Crippen LogP contribution >= 0.6 is 28.1 Å². The Kier molecular flexibility index (Phi) is 3.30. The maximum Gasteiger partial charge on any atom is 0.182 e. The summed E-state index contributed by atoms with van der Waals surface area (Å²) in [5, 5.41) is 0. The van der Waals surface area contributed by atoms with Gasteiger partial charge in [-0.1, -0.05) is 22.0 Å². The molecule has 2 aromatic carbocycles. The van der Waals surface area contributed by atoms with Crippen LogP contribution in [-0.2, 0) is 0 Å². The molecule has 20 heavy (non-hydrogen) atoms. The highest BCUT2D eigenvalue weighted by molar-refractivity contribution is 9.10. The topological polar surface area (TPSA) is 20.7 Å². The van der Waals surface area contributed by atoms with E-state index < -0.39 is 0 Å². The number of nitrogens with one attached hydrogen (secondary N) is 1. The Morgan fingerprint density at radius 3 is 2.35 bits per heavy atom. The predicted molar refractivity (Wildman–Crippen MR) is 90.4 cm³/mol. The summed E-state index contributed by atoms with van der Waals surface area (Å²) in [5.74, 6) is 0. The average Bonchev–Trinajstić information content (AvgIpc) is 2.70. The lowest BCUT2D eigenvalue weighted by atomic mass is 10.1. The van der Waals surface area contributed by atoms with E-state index in [-0.39, 0.29) is 0 Å². The number of rotatable bonds is 1. The van der Waals surface area contributed by atoms with E-state index in [1.165, 1.54) is 16.7 Å². The van der Waals surface area contributed by atoms with Crippen molar-refractivity contribution >= 4 is 39.2 Å². The van der Waals surface area contributed by atoms with Gasteiger partial charge in [0.25, 0.3) is 0 Å². The fourth-order valence-corrected chi connectivity index (χ4v) is 3.06. The van der Waals surface area contributed by atoms with Gasteiger partial charge < -0.3 is 4.98 Å². The highest BCUT2D eigenvalue weighted by Crippen LogP contribution is 2.27. The van der Waals surface area contributed by atoms with Gasteiger partial charge in [-0.15, -0.1) is 0 Å². The summed E-state index contributed by atoms with van der Waals surface area (Å²) < 4.78 is 3.99. The first-order chi connectivity index (χ1) is 9.47. The van der Waals surface area contributed by atoms with E-state index in [1.54, 1.807) is 0 Å². The van der Waals surface area contributed by atoms with Crippen molar-refractivity contribution in [2.75, 3.05) is 0 Å². The van der Waals surface area contributed by atoms with Crippen molar-refractivity contribution in [1.29, 1.82) is 0 Å². The number of hydrogen-bond acceptors (Lipinski definition) is 1. The number of benzene rings is 2. The zero-order chi connectivity index (χ0) is 14.4. The number of aromatic amines is 1. The highest BCUT2D eigenvalue weighted by Gasteiger charge is 2.09. The van der Waals surface area contributed by atoms with Crippen molar-refractivity contribution in [3.05, 3.63) is 56.3 Å². The van der Waals surface area contributed by atoms with Crippen molar-refractivity contribution in [3.8, 4) is 5.69 Å². The van der Waals surface area contributed by atoms with Crippen LogP contribution in [0.15, 0.2) is 34.8 Å². The van der Waals surface area contributed by atoms with Crippen LogP contribution in [0.5, 0.6) is 0 Å². The molecule has 0 fully saturated rings. The Labute approximate surface area is 131 Å². The molecule has 1 heterocycles. The summed E-state index contributed by atoms with van der Waals surface area (Å²) in [7, 11) is 0. The minimum Gasteiger partial charge on any atom is -0.330 e. The lowest BCUT2D eigenvalue weighted by Crippen LogP contribution is -1.96. The van der Waals surface area contributed by atoms with Crippen molar-refractivity contribution in [1.82, 2.24) is 9.55 Å². The average molecular weight is 347 g/mol. The fraction of sp³-hybridized carbons (Fsp3) is 0.188. The van der Waals surface area contributed by atoms with Crippen molar-refractivity contribution < 1.29 is 0 Å². The van der Waals surface area contributed by atoms with Gasteiger partial charge in [-0.2, -0.15) is 0 Å². The van der Waals surface area contributed by atoms with Crippen LogP contribution in [0.2, 0.25) is 0 Å². The second-order valence-electron chi connectivity index (χ2n) is 5.18. The molecule has 102 valence electrons. The third-order valence-electron chi connectivity index (χ3n) is 3.52. The van der Waals surface area contributed by atoms with E-state index >= 15 is 0 Å². The van der Waals surface area contributed by atoms with Gasteiger partial charge in [0.2, 0.25) is 0 Å². The summed E-state index contributed by atoms with van der Waals surface area (Å²) in [4.78, 5) is 3.27. The van der Waals surface area contributed by atoms with Crippen molar-refractivity contribution in [2.45, 2.75) is 20.8 Å². The third-order valence-corrected chi connectivity index (χ3v) is 5.05. The van der Waals surface area contributed by atoms with Gasteiger partial charge >= 0.3 is 0 Å². The van der Waals surface area contributed by atoms with Crippen molar-refractivity contribution in [2.24, 2.45) is 0 Å². The van der Waals surface area contributed by atoms with Gasteiger partial charge in [0.1, 0.15) is 0 Å². The maximum atomic E-state index is 5.49. The van der Waals surface area contributed by atoms with E-state index in [2.05, 4.69) is 76.6 Å². The first-order valence-electron chi connectivity index (χ1n) is 6.46. The largest absolute Gasteiger partial charge is 0.330 e. The molecule has 0 saturated carbocycles. The molecule has 3 aromatic rings. The second-order valence-corrected chi connectivity index (χ2v) is 6.36. The first kappa shape index (κ1) is 13.6. The standard InChI is InChI=1S/C16H15BrN2S/c1-9-4-5-13-14(6-9)19(16(20)18-13)12-7-10(2)15(17)11(3)8-12/h4-8H,1-3H3,(H,18,20). The molecule has 0 radical (unpaired) electrons. The van der Waals surface area contributed by atoms with Crippen LogP contribution < -0.4 is 0 Å². The molecule has 0 amide bonds. The number of imidazole rings is 1. The number of halogens is 1. The maximum absolute atomic E-state index is 5.49. The summed E-state index contributed by atoms with van der Waals surface area (Å²) in [6.07, 6.45) is 0. The Morgan fingerprint density at radius 2 is 1.70 bits per heavy atom. The second kappa shape index (κ2) is 4.86. The van der Waals surface area contributed by atoms with E-state index in [4.69, 9.17) is 12.2 Å². The van der Waals surface area contributed by atoms with Crippen LogP contribution in [0, 0.1) is 25.5 Å². The van der Waals surface area contributed by atoms with Gasteiger partial charge in [-0.3, -0.25) is 4.57 Å². The smallest absolute Gasteiger partial charge is 0.182 e. The van der Waals surface area contributed by atoms with E-state index in [9.17, 15) is 0 Å². The number of H-pyrrole nitrogens is 1. The predicted octanol–water partition coefficient (Wildman–Crippen LogP) is 5.38. The molecule has 0 saturated heterocycles. The summed E-state index contributed by atoms with van der Waals surface area (Å²) in [5.41, 5.74) is 6.94. The SMILES string of the molecule is Cc1ccc2[nH]c(=S)n(-c3cc(C)c(Br)c(C)c3)c2c1. The van der Waals surface area contributed by atoms with Gasteiger partial charge in [-0.05, 0) is 73.9 Å². The molecule has 0 atom stereocenters. The number of aromatic nitrogens is 2. The summed E-state index contributed by atoms with van der Waals surface area (Å²) in [6, 6.07) is 10.6. The molecule has 0 aliphatic carbocycles. The Hall–Kier alpha value is -1.39. The minimum absolute atomic E-state index is 0.728. The lowest BCUT2D eigenvalue weighted by Gasteiger charge is -2.10. The van der Waals surface area contributed by atoms with Crippen LogP contribution in [-0.4, -0.2) is 9.55 Å². The Balaban J connectivity index is 2.37. The Morgan fingerprint density at radius 1 is 1.05 bits per heavy atom. The third kappa shape index (κ3) is 2.13. The normalized spacial score (nSPS) is 11.2. The quantitative estimate of drug-likeness (QED) is 0.587. The zero-order valence-corrected chi connectivity index (χ0v) is 14.0. The Bertz CT molecular complexity index is 851. The van der Waals surface area contributed by atoms with Crippen molar-refractivity contribution in [3.63, 3.8) is 0 Å². The highest BCUT2D eigenvalue weighted by atomic mass is 79.9. The molecule has 1 N–H and O–H groups in total.